The number of hydrogen-bond acceptors (Lipinski definition) is 4. The van der Waals surface area contributed by atoms with Crippen LogP contribution in [0.2, 0.25) is 5.02 Å². The summed E-state index contributed by atoms with van der Waals surface area (Å²) in [5, 5.41) is 17.1. The zero-order chi connectivity index (χ0) is 14.3. The lowest BCUT2D eigenvalue weighted by atomic mass is 10.0. The summed E-state index contributed by atoms with van der Waals surface area (Å²) < 4.78 is 0. The number of nitrogens with one attached hydrogen (secondary N) is 1. The average Bonchev–Trinajstić information content (AvgIpc) is 2.86. The van der Waals surface area contributed by atoms with E-state index in [1.807, 2.05) is 0 Å². The van der Waals surface area contributed by atoms with Crippen molar-refractivity contribution in [1.82, 2.24) is 15.2 Å². The predicted octanol–water partition coefficient (Wildman–Crippen LogP) is 2.08. The number of nitrogens with two attached hydrogens (primary N) is 1. The van der Waals surface area contributed by atoms with Crippen LogP contribution in [0.15, 0.2) is 30.5 Å². The van der Waals surface area contributed by atoms with Crippen LogP contribution in [0.25, 0.3) is 22.2 Å². The first-order valence-corrected chi connectivity index (χ1v) is 6.07. The number of phenols is 1. The molecule has 0 atom stereocenters. The van der Waals surface area contributed by atoms with Gasteiger partial charge in [0.05, 0.1) is 11.2 Å². The van der Waals surface area contributed by atoms with E-state index in [4.69, 9.17) is 17.3 Å². The monoisotopic (exact) mass is 288 g/mol. The minimum atomic E-state index is -0.641. The molecule has 2 heterocycles. The van der Waals surface area contributed by atoms with E-state index in [1.165, 1.54) is 12.1 Å². The fraction of sp³-hybridized carbons (Fsp3) is 0. The molecule has 0 saturated heterocycles. The maximum atomic E-state index is 11.3. The van der Waals surface area contributed by atoms with Crippen LogP contribution in [0.4, 0.5) is 0 Å². The molecule has 100 valence electrons. The highest BCUT2D eigenvalue weighted by Crippen LogP contribution is 2.34. The molecule has 2 aromatic heterocycles. The fourth-order valence-corrected chi connectivity index (χ4v) is 2.28. The van der Waals surface area contributed by atoms with Crippen molar-refractivity contribution in [1.29, 1.82) is 0 Å². The Bertz CT molecular complexity index is 828. The summed E-state index contributed by atoms with van der Waals surface area (Å²) in [5.41, 5.74) is 7.15. The summed E-state index contributed by atoms with van der Waals surface area (Å²) in [6, 6.07) is 6.15. The zero-order valence-corrected chi connectivity index (χ0v) is 10.8. The molecule has 0 unspecified atom stereocenters. The van der Waals surface area contributed by atoms with Crippen molar-refractivity contribution in [3.8, 4) is 16.9 Å². The van der Waals surface area contributed by atoms with E-state index in [-0.39, 0.29) is 11.4 Å². The maximum Gasteiger partial charge on any atom is 0.267 e. The van der Waals surface area contributed by atoms with Gasteiger partial charge in [-0.1, -0.05) is 11.6 Å². The molecule has 1 aromatic carbocycles. The molecule has 0 bridgehead atoms. The lowest BCUT2D eigenvalue weighted by Crippen LogP contribution is -2.13. The molecule has 4 N–H and O–H groups in total. The number of amides is 1. The van der Waals surface area contributed by atoms with Crippen molar-refractivity contribution in [3.05, 3.63) is 41.2 Å². The van der Waals surface area contributed by atoms with E-state index in [1.54, 1.807) is 18.3 Å². The summed E-state index contributed by atoms with van der Waals surface area (Å²) in [6.45, 7) is 0. The molecular weight excluding hydrogens is 280 g/mol. The van der Waals surface area contributed by atoms with Gasteiger partial charge in [-0.05, 0) is 29.8 Å². The molecule has 3 aromatic rings. The van der Waals surface area contributed by atoms with Crippen LogP contribution < -0.4 is 5.73 Å². The molecule has 6 nitrogen and oxygen atoms in total. The van der Waals surface area contributed by atoms with Crippen molar-refractivity contribution < 1.29 is 9.90 Å². The highest BCUT2D eigenvalue weighted by molar-refractivity contribution is 6.33. The van der Waals surface area contributed by atoms with Gasteiger partial charge in [0.2, 0.25) is 0 Å². The van der Waals surface area contributed by atoms with Crippen molar-refractivity contribution in [2.75, 3.05) is 0 Å². The van der Waals surface area contributed by atoms with Crippen LogP contribution in [0.5, 0.6) is 5.75 Å². The topological polar surface area (TPSA) is 105 Å². The number of nitrogens with zero attached hydrogens (tertiary/aromatic N) is 2. The van der Waals surface area contributed by atoms with Gasteiger partial charge in [0.25, 0.3) is 5.91 Å². The largest absolute Gasteiger partial charge is 0.508 e. The number of aromatic hydroxyl groups is 1. The number of halogens is 1. The number of H-pyrrole nitrogens is 1. The Morgan fingerprint density at radius 2 is 2.10 bits per heavy atom. The molecule has 0 radical (unpaired) electrons. The fourth-order valence-electron chi connectivity index (χ4n) is 2.00. The number of primary amides is 1. The Hall–Kier alpha value is -2.60. The first kappa shape index (κ1) is 12.4. The summed E-state index contributed by atoms with van der Waals surface area (Å²) in [7, 11) is 0. The quantitative estimate of drug-likeness (QED) is 0.671. The van der Waals surface area contributed by atoms with Crippen LogP contribution in [0, 0.1) is 0 Å². The van der Waals surface area contributed by atoms with Crippen molar-refractivity contribution in [2.45, 2.75) is 0 Å². The molecule has 0 fully saturated rings. The summed E-state index contributed by atoms with van der Waals surface area (Å²) in [5.74, 6) is -0.580. The van der Waals surface area contributed by atoms with Crippen molar-refractivity contribution >= 4 is 28.5 Å². The Morgan fingerprint density at radius 1 is 1.30 bits per heavy atom. The molecule has 7 heteroatoms. The van der Waals surface area contributed by atoms with Crippen LogP contribution in [0.1, 0.15) is 10.5 Å². The lowest BCUT2D eigenvalue weighted by molar-refractivity contribution is 0.0996. The lowest BCUT2D eigenvalue weighted by Gasteiger charge is -2.07. The number of aromatic amines is 1. The van der Waals surface area contributed by atoms with Gasteiger partial charge < -0.3 is 10.8 Å². The minimum Gasteiger partial charge on any atom is -0.508 e. The number of aromatic nitrogens is 3. The SMILES string of the molecule is NC(=O)c1cc(-c2ccc(O)cc2Cl)c2cn[nH]c2n1. The number of carbonyl (C=O) groups excluding carboxylic acids is 1. The van der Waals surface area contributed by atoms with Gasteiger partial charge in [-0.25, -0.2) is 4.98 Å². The van der Waals surface area contributed by atoms with Crippen LogP contribution in [-0.2, 0) is 0 Å². The highest BCUT2D eigenvalue weighted by Gasteiger charge is 2.14. The van der Waals surface area contributed by atoms with Crippen molar-refractivity contribution in [2.24, 2.45) is 5.73 Å². The van der Waals surface area contributed by atoms with Gasteiger partial charge in [-0.3, -0.25) is 9.89 Å². The molecule has 0 saturated carbocycles. The molecule has 3 rings (SSSR count). The Balaban J connectivity index is 2.33. The first-order chi connectivity index (χ1) is 9.56. The number of carbonyl (C=O) groups is 1. The molecule has 1 amide bonds. The molecule has 0 aliphatic rings. The van der Waals surface area contributed by atoms with E-state index in [0.29, 0.717) is 27.2 Å². The second-order valence-electron chi connectivity index (χ2n) is 4.22. The Morgan fingerprint density at radius 3 is 2.80 bits per heavy atom. The Labute approximate surface area is 118 Å². The second kappa shape index (κ2) is 4.50. The third-order valence-electron chi connectivity index (χ3n) is 2.92. The van der Waals surface area contributed by atoms with E-state index >= 15 is 0 Å². The number of fused-ring (bicyclic) bond motifs is 1. The zero-order valence-electron chi connectivity index (χ0n) is 10.1. The predicted molar refractivity (Wildman–Crippen MR) is 74.5 cm³/mol. The van der Waals surface area contributed by atoms with Gasteiger partial charge in [0, 0.05) is 10.9 Å². The summed E-state index contributed by atoms with van der Waals surface area (Å²) in [6.07, 6.45) is 1.59. The summed E-state index contributed by atoms with van der Waals surface area (Å²) in [4.78, 5) is 15.4. The van der Waals surface area contributed by atoms with Gasteiger partial charge in [-0.15, -0.1) is 0 Å². The van der Waals surface area contributed by atoms with Gasteiger partial charge in [0.15, 0.2) is 5.65 Å². The number of rotatable bonds is 2. The first-order valence-electron chi connectivity index (χ1n) is 5.69. The normalized spacial score (nSPS) is 10.8. The Kier molecular flexibility index (Phi) is 2.80. The smallest absolute Gasteiger partial charge is 0.267 e. The third-order valence-corrected chi connectivity index (χ3v) is 3.23. The standard InChI is InChI=1S/C13H9ClN4O2/c14-10-3-6(19)1-2-7(10)8-4-11(12(15)20)17-13-9(8)5-16-18-13/h1-5,19H,(H2,15,20)(H,16,17,18). The maximum absolute atomic E-state index is 11.3. The molecule has 20 heavy (non-hydrogen) atoms. The summed E-state index contributed by atoms with van der Waals surface area (Å²) >= 11 is 6.14. The highest BCUT2D eigenvalue weighted by atomic mass is 35.5. The van der Waals surface area contributed by atoms with Gasteiger partial charge in [-0.2, -0.15) is 5.10 Å². The molecule has 0 aliphatic heterocycles. The number of benzene rings is 1. The van der Waals surface area contributed by atoms with Gasteiger partial charge in [0.1, 0.15) is 11.4 Å². The van der Waals surface area contributed by atoms with Gasteiger partial charge >= 0.3 is 0 Å². The van der Waals surface area contributed by atoms with Crippen LogP contribution in [-0.4, -0.2) is 26.2 Å². The van der Waals surface area contributed by atoms with Crippen molar-refractivity contribution in [3.63, 3.8) is 0 Å². The molecule has 0 aliphatic carbocycles. The number of pyridine rings is 1. The van der Waals surface area contributed by atoms with Crippen LogP contribution in [0.3, 0.4) is 0 Å². The van der Waals surface area contributed by atoms with E-state index < -0.39 is 5.91 Å². The molecular formula is C13H9ClN4O2. The second-order valence-corrected chi connectivity index (χ2v) is 4.62. The van der Waals surface area contributed by atoms with E-state index in [0.717, 1.165) is 0 Å². The number of phenolic OH excluding ortho intramolecular Hbond substituents is 1. The van der Waals surface area contributed by atoms with E-state index in [9.17, 15) is 9.90 Å². The average molecular weight is 289 g/mol. The minimum absolute atomic E-state index is 0.0615. The number of hydrogen-bond donors (Lipinski definition) is 3. The molecule has 0 spiro atoms. The van der Waals surface area contributed by atoms with Crippen LogP contribution >= 0.6 is 11.6 Å². The van der Waals surface area contributed by atoms with E-state index in [2.05, 4.69) is 15.2 Å². The third kappa shape index (κ3) is 1.96.